The van der Waals surface area contributed by atoms with Gasteiger partial charge in [-0.1, -0.05) is 190 Å². The van der Waals surface area contributed by atoms with Gasteiger partial charge < -0.3 is 34.3 Å². The van der Waals surface area contributed by atoms with Gasteiger partial charge in [0.15, 0.2) is 6.29 Å². The van der Waals surface area contributed by atoms with Crippen LogP contribution >= 0.6 is 0 Å². The molecule has 0 radical (unpaired) electrons. The zero-order chi connectivity index (χ0) is 46.8. The van der Waals surface area contributed by atoms with Crippen LogP contribution in [0.4, 0.5) is 0 Å². The summed E-state index contributed by atoms with van der Waals surface area (Å²) in [5.74, 6) is -0.417. The van der Waals surface area contributed by atoms with Crippen LogP contribution in [0.15, 0.2) is 60.8 Å². The highest BCUT2D eigenvalue weighted by molar-refractivity contribution is 7.80. The van der Waals surface area contributed by atoms with E-state index in [1.807, 2.05) is 0 Å². The molecule has 12 nitrogen and oxygen atoms in total. The molecule has 1 rings (SSSR count). The first-order chi connectivity index (χ1) is 31.1. The SMILES string of the molecule is CC/C=C\C/C=C\C/C=C\C/C=C\C/C=C\CCCCCCCC(=O)OC(COCCCCCCCCCCCCCCCCCC)COC1OC(CO)C(O)C(OS(=O)(=O)O)C1O. The fourth-order valence-corrected chi connectivity index (χ4v) is 7.91. The number of hydrogen-bond donors (Lipinski definition) is 4. The highest BCUT2D eigenvalue weighted by atomic mass is 32.3. The standard InChI is InChI=1S/C51H90O12S/c1-3-5-7-9-11-13-15-17-19-21-22-23-24-25-26-28-30-32-34-36-38-40-47(53)61-45(44-60-51-49(55)50(63-64(56,57)58)48(54)46(42-52)62-51)43-59-41-39-37-35-33-31-29-27-20-18-16-14-12-10-8-6-4-2/h5,7,11,13,17,19,22-23,25-26,45-46,48-52,54-55H,3-4,6,8-10,12,14-16,18,20-21,24,27-44H2,1-2H3,(H,56,57,58)/b7-5-,13-11-,19-17-,23-22-,26-25-. The van der Waals surface area contributed by atoms with Crippen LogP contribution in [0.5, 0.6) is 0 Å². The van der Waals surface area contributed by atoms with Gasteiger partial charge in [0.1, 0.15) is 30.5 Å². The number of aliphatic hydroxyl groups is 3. The molecule has 372 valence electrons. The van der Waals surface area contributed by atoms with Crippen molar-refractivity contribution in [2.75, 3.05) is 26.4 Å². The minimum absolute atomic E-state index is 0.0279. The number of ether oxygens (including phenoxy) is 4. The first kappa shape index (κ1) is 59.8. The second-order valence-electron chi connectivity index (χ2n) is 17.0. The molecule has 64 heavy (non-hydrogen) atoms. The van der Waals surface area contributed by atoms with E-state index in [1.54, 1.807) is 0 Å². The van der Waals surface area contributed by atoms with Gasteiger partial charge in [-0.25, -0.2) is 4.18 Å². The maximum Gasteiger partial charge on any atom is 0.397 e. The van der Waals surface area contributed by atoms with E-state index >= 15 is 0 Å². The Morgan fingerprint density at radius 1 is 0.609 bits per heavy atom. The van der Waals surface area contributed by atoms with Crippen molar-refractivity contribution >= 4 is 16.4 Å². The molecular weight excluding hydrogens is 837 g/mol. The third-order valence-corrected chi connectivity index (χ3v) is 11.6. The van der Waals surface area contributed by atoms with Crippen LogP contribution in [0.1, 0.15) is 194 Å². The third kappa shape index (κ3) is 35.1. The van der Waals surface area contributed by atoms with Gasteiger partial charge >= 0.3 is 16.4 Å². The van der Waals surface area contributed by atoms with E-state index in [1.165, 1.54) is 83.5 Å². The fraction of sp³-hybridized carbons (Fsp3) is 0.784. The maximum atomic E-state index is 12.9. The first-order valence-electron chi connectivity index (χ1n) is 25.0. The van der Waals surface area contributed by atoms with Crippen molar-refractivity contribution in [1.82, 2.24) is 0 Å². The quantitative estimate of drug-likeness (QED) is 0.0197. The Bertz CT molecular complexity index is 1350. The highest BCUT2D eigenvalue weighted by Gasteiger charge is 2.48. The molecule has 0 aromatic heterocycles. The third-order valence-electron chi connectivity index (χ3n) is 11.2. The van der Waals surface area contributed by atoms with Crippen LogP contribution in [-0.4, -0.2) is 97.5 Å². The van der Waals surface area contributed by atoms with Gasteiger partial charge in [0.2, 0.25) is 0 Å². The van der Waals surface area contributed by atoms with Gasteiger partial charge in [-0.3, -0.25) is 9.35 Å². The molecule has 6 atom stereocenters. The van der Waals surface area contributed by atoms with E-state index in [4.69, 9.17) is 18.9 Å². The number of esters is 1. The highest BCUT2D eigenvalue weighted by Crippen LogP contribution is 2.26. The van der Waals surface area contributed by atoms with Gasteiger partial charge in [0.25, 0.3) is 0 Å². The lowest BCUT2D eigenvalue weighted by Crippen LogP contribution is -2.60. The first-order valence-corrected chi connectivity index (χ1v) is 26.4. The van der Waals surface area contributed by atoms with Crippen molar-refractivity contribution in [2.45, 2.75) is 230 Å². The van der Waals surface area contributed by atoms with Crippen LogP contribution in [0.3, 0.4) is 0 Å². The molecule has 1 fully saturated rings. The normalized spacial score (nSPS) is 20.2. The summed E-state index contributed by atoms with van der Waals surface area (Å²) in [5.41, 5.74) is 0. The molecule has 0 bridgehead atoms. The van der Waals surface area contributed by atoms with Gasteiger partial charge in [-0.05, 0) is 57.8 Å². The van der Waals surface area contributed by atoms with Crippen LogP contribution < -0.4 is 0 Å². The van der Waals surface area contributed by atoms with Crippen molar-refractivity contribution in [3.05, 3.63) is 60.8 Å². The van der Waals surface area contributed by atoms with Crippen molar-refractivity contribution < 1.29 is 56.2 Å². The van der Waals surface area contributed by atoms with E-state index in [9.17, 15) is 33.1 Å². The average Bonchev–Trinajstić information content (AvgIpc) is 3.27. The second kappa shape index (κ2) is 42.2. The molecule has 1 heterocycles. The molecule has 1 aliphatic rings. The van der Waals surface area contributed by atoms with Crippen molar-refractivity contribution in [3.8, 4) is 0 Å². The zero-order valence-electron chi connectivity index (χ0n) is 39.8. The number of carbonyl (C=O) groups excluding carboxylic acids is 1. The summed E-state index contributed by atoms with van der Waals surface area (Å²) >= 11 is 0. The molecule has 0 aromatic rings. The van der Waals surface area contributed by atoms with Gasteiger partial charge in [-0.2, -0.15) is 8.42 Å². The Morgan fingerprint density at radius 3 is 1.58 bits per heavy atom. The minimum Gasteiger partial charge on any atom is -0.457 e. The number of unbranched alkanes of at least 4 members (excludes halogenated alkanes) is 20. The van der Waals surface area contributed by atoms with Crippen molar-refractivity contribution in [1.29, 1.82) is 0 Å². The molecular formula is C51H90O12S. The molecule has 0 aliphatic carbocycles. The average molecular weight is 927 g/mol. The summed E-state index contributed by atoms with van der Waals surface area (Å²) in [6.07, 6.45) is 43.9. The predicted octanol–water partition coefficient (Wildman–Crippen LogP) is 11.3. The number of allylic oxidation sites excluding steroid dienone is 10. The minimum atomic E-state index is -5.07. The Kier molecular flexibility index (Phi) is 39.4. The van der Waals surface area contributed by atoms with Crippen LogP contribution in [0.25, 0.3) is 0 Å². The van der Waals surface area contributed by atoms with Crippen molar-refractivity contribution in [2.24, 2.45) is 0 Å². The summed E-state index contributed by atoms with van der Waals surface area (Å²) in [5, 5.41) is 30.7. The Balaban J connectivity index is 2.40. The van der Waals surface area contributed by atoms with E-state index in [0.29, 0.717) is 13.0 Å². The molecule has 0 amide bonds. The zero-order valence-corrected chi connectivity index (χ0v) is 40.6. The van der Waals surface area contributed by atoms with E-state index in [0.717, 1.165) is 83.5 Å². The largest absolute Gasteiger partial charge is 0.457 e. The Labute approximate surface area is 388 Å². The summed E-state index contributed by atoms with van der Waals surface area (Å²) in [6, 6.07) is 0. The smallest absolute Gasteiger partial charge is 0.397 e. The van der Waals surface area contributed by atoms with E-state index in [2.05, 4.69) is 78.8 Å². The molecule has 1 aliphatic heterocycles. The molecule has 0 saturated carbocycles. The number of hydrogen-bond acceptors (Lipinski definition) is 11. The Morgan fingerprint density at radius 2 is 1.08 bits per heavy atom. The monoisotopic (exact) mass is 927 g/mol. The molecule has 0 spiro atoms. The van der Waals surface area contributed by atoms with E-state index < -0.39 is 59.8 Å². The summed E-state index contributed by atoms with van der Waals surface area (Å²) in [7, 11) is -5.07. The van der Waals surface area contributed by atoms with Gasteiger partial charge in [0.05, 0.1) is 19.8 Å². The summed E-state index contributed by atoms with van der Waals surface area (Å²) in [4.78, 5) is 12.9. The second-order valence-corrected chi connectivity index (χ2v) is 18.1. The lowest BCUT2D eigenvalue weighted by Gasteiger charge is -2.41. The summed E-state index contributed by atoms with van der Waals surface area (Å²) in [6.45, 7) is 3.87. The number of rotatable bonds is 43. The molecule has 1 saturated heterocycles. The maximum absolute atomic E-state index is 12.9. The molecule has 13 heteroatoms. The van der Waals surface area contributed by atoms with Gasteiger partial charge in [0, 0.05) is 13.0 Å². The van der Waals surface area contributed by atoms with Crippen LogP contribution in [0.2, 0.25) is 0 Å². The number of aliphatic hydroxyl groups excluding tert-OH is 3. The predicted molar refractivity (Wildman–Crippen MR) is 257 cm³/mol. The molecule has 0 aromatic carbocycles. The molecule has 4 N–H and O–H groups in total. The Hall–Kier alpha value is -2.20. The van der Waals surface area contributed by atoms with Crippen LogP contribution in [-0.2, 0) is 38.3 Å². The van der Waals surface area contributed by atoms with Gasteiger partial charge in [-0.15, -0.1) is 0 Å². The lowest BCUT2D eigenvalue weighted by molar-refractivity contribution is -0.301. The molecule has 6 unspecified atom stereocenters. The van der Waals surface area contributed by atoms with E-state index in [-0.39, 0.29) is 19.6 Å². The summed E-state index contributed by atoms with van der Waals surface area (Å²) < 4.78 is 59.2. The van der Waals surface area contributed by atoms with Crippen molar-refractivity contribution in [3.63, 3.8) is 0 Å². The fourth-order valence-electron chi connectivity index (χ4n) is 7.41. The lowest BCUT2D eigenvalue weighted by atomic mass is 9.99. The van der Waals surface area contributed by atoms with Crippen LogP contribution in [0, 0.1) is 0 Å². The topological polar surface area (TPSA) is 178 Å². The number of carbonyl (C=O) groups is 1.